The van der Waals surface area contributed by atoms with Crippen LogP contribution in [0.25, 0.3) is 22.3 Å². The van der Waals surface area contributed by atoms with Crippen LogP contribution >= 0.6 is 0 Å². The summed E-state index contributed by atoms with van der Waals surface area (Å²) in [5.41, 5.74) is 16.9. The topological polar surface area (TPSA) is 69.2 Å². The van der Waals surface area contributed by atoms with E-state index in [4.69, 9.17) is 5.73 Å². The van der Waals surface area contributed by atoms with Crippen molar-refractivity contribution in [3.05, 3.63) is 117 Å². The summed E-state index contributed by atoms with van der Waals surface area (Å²) in [5.74, 6) is 0. The first-order valence-corrected chi connectivity index (χ1v) is 9.92. The van der Waals surface area contributed by atoms with Crippen LogP contribution in [-0.2, 0) is 12.8 Å². The molecule has 146 valence electrons. The van der Waals surface area contributed by atoms with Gasteiger partial charge in [0.25, 0.3) is 5.69 Å². The minimum Gasteiger partial charge on any atom is -0.399 e. The molecule has 0 amide bonds. The van der Waals surface area contributed by atoms with Crippen molar-refractivity contribution in [2.45, 2.75) is 12.8 Å². The molecule has 0 saturated carbocycles. The molecule has 0 heterocycles. The molecule has 0 bridgehead atoms. The summed E-state index contributed by atoms with van der Waals surface area (Å²) < 4.78 is 0. The largest absolute Gasteiger partial charge is 0.399 e. The Bertz CT molecular complexity index is 1290. The van der Waals surface area contributed by atoms with E-state index in [0.29, 0.717) is 0 Å². The van der Waals surface area contributed by atoms with Gasteiger partial charge in [0.15, 0.2) is 0 Å². The number of nitro benzene ring substituents is 1. The SMILES string of the molecule is Nc1ccc2c(c1)Cc1ccccc1-2.O=[N+]([O-])c1ccc2c(c1)Cc1ccccc1-2. The average molecular weight is 392 g/mol. The van der Waals surface area contributed by atoms with Crippen molar-refractivity contribution in [1.29, 1.82) is 0 Å². The van der Waals surface area contributed by atoms with Gasteiger partial charge in [-0.15, -0.1) is 0 Å². The maximum absolute atomic E-state index is 10.7. The Hall–Kier alpha value is -3.92. The van der Waals surface area contributed by atoms with Gasteiger partial charge in [-0.2, -0.15) is 0 Å². The predicted molar refractivity (Wildman–Crippen MR) is 120 cm³/mol. The smallest absolute Gasteiger partial charge is 0.269 e. The number of fused-ring (bicyclic) bond motifs is 6. The molecule has 2 aliphatic rings. The van der Waals surface area contributed by atoms with Crippen molar-refractivity contribution in [1.82, 2.24) is 0 Å². The minimum atomic E-state index is -0.344. The van der Waals surface area contributed by atoms with E-state index in [-0.39, 0.29) is 10.6 Å². The average Bonchev–Trinajstić information content (AvgIpc) is 3.31. The molecule has 4 heteroatoms. The molecule has 0 spiro atoms. The van der Waals surface area contributed by atoms with E-state index in [1.807, 2.05) is 24.3 Å². The number of hydrogen-bond donors (Lipinski definition) is 1. The third-order valence-electron chi connectivity index (χ3n) is 5.81. The maximum atomic E-state index is 10.7. The van der Waals surface area contributed by atoms with E-state index in [9.17, 15) is 10.1 Å². The molecule has 0 radical (unpaired) electrons. The lowest BCUT2D eigenvalue weighted by molar-refractivity contribution is -0.384. The van der Waals surface area contributed by atoms with Crippen molar-refractivity contribution in [3.8, 4) is 22.3 Å². The molecule has 0 saturated heterocycles. The molecular weight excluding hydrogens is 372 g/mol. The number of hydrogen-bond acceptors (Lipinski definition) is 3. The molecule has 4 aromatic carbocycles. The van der Waals surface area contributed by atoms with E-state index in [1.54, 1.807) is 12.1 Å². The summed E-state index contributed by atoms with van der Waals surface area (Å²) in [6.45, 7) is 0. The van der Waals surface area contributed by atoms with Gasteiger partial charge in [-0.1, -0.05) is 54.6 Å². The van der Waals surface area contributed by atoms with Crippen LogP contribution in [0.5, 0.6) is 0 Å². The zero-order valence-corrected chi connectivity index (χ0v) is 16.3. The first kappa shape index (κ1) is 18.1. The highest BCUT2D eigenvalue weighted by Crippen LogP contribution is 2.38. The summed E-state index contributed by atoms with van der Waals surface area (Å²) in [7, 11) is 0. The predicted octanol–water partition coefficient (Wildman–Crippen LogP) is 6.01. The highest BCUT2D eigenvalue weighted by Gasteiger charge is 2.20. The lowest BCUT2D eigenvalue weighted by atomic mass is 10.1. The van der Waals surface area contributed by atoms with Gasteiger partial charge in [-0.3, -0.25) is 10.1 Å². The molecule has 2 aliphatic carbocycles. The fraction of sp³-hybridized carbons (Fsp3) is 0.0769. The van der Waals surface area contributed by atoms with Crippen LogP contribution in [0.15, 0.2) is 84.9 Å². The van der Waals surface area contributed by atoms with Gasteiger partial charge in [0.2, 0.25) is 0 Å². The van der Waals surface area contributed by atoms with Gasteiger partial charge in [-0.05, 0) is 75.5 Å². The van der Waals surface area contributed by atoms with Gasteiger partial charge < -0.3 is 5.73 Å². The van der Waals surface area contributed by atoms with E-state index in [1.165, 1.54) is 33.4 Å². The highest BCUT2D eigenvalue weighted by atomic mass is 16.6. The van der Waals surface area contributed by atoms with E-state index < -0.39 is 0 Å². The number of nitrogens with zero attached hydrogens (tertiary/aromatic N) is 1. The van der Waals surface area contributed by atoms with Crippen molar-refractivity contribution >= 4 is 11.4 Å². The fourth-order valence-electron chi connectivity index (χ4n) is 4.41. The van der Waals surface area contributed by atoms with Gasteiger partial charge in [0, 0.05) is 17.8 Å². The van der Waals surface area contributed by atoms with E-state index in [2.05, 4.69) is 48.5 Å². The second kappa shape index (κ2) is 7.16. The number of nitrogens with two attached hydrogens (primary N) is 1. The zero-order chi connectivity index (χ0) is 20.7. The lowest BCUT2D eigenvalue weighted by Gasteiger charge is -2.00. The molecular formula is C26H20N2O2. The molecule has 4 aromatic rings. The van der Waals surface area contributed by atoms with Crippen molar-refractivity contribution in [3.63, 3.8) is 0 Å². The number of anilines is 1. The fourth-order valence-corrected chi connectivity index (χ4v) is 4.41. The molecule has 30 heavy (non-hydrogen) atoms. The van der Waals surface area contributed by atoms with Crippen molar-refractivity contribution in [2.24, 2.45) is 0 Å². The van der Waals surface area contributed by atoms with E-state index >= 15 is 0 Å². The maximum Gasteiger partial charge on any atom is 0.269 e. The highest BCUT2D eigenvalue weighted by molar-refractivity contribution is 5.78. The van der Waals surface area contributed by atoms with Gasteiger partial charge >= 0.3 is 0 Å². The number of nitrogen functional groups attached to an aromatic ring is 1. The summed E-state index contributed by atoms with van der Waals surface area (Å²) in [6.07, 6.45) is 1.82. The number of non-ortho nitro benzene ring substituents is 1. The quantitative estimate of drug-likeness (QED) is 0.212. The molecule has 0 unspecified atom stereocenters. The monoisotopic (exact) mass is 392 g/mol. The molecule has 0 aromatic heterocycles. The lowest BCUT2D eigenvalue weighted by Crippen LogP contribution is -1.89. The Morgan fingerprint density at radius 3 is 1.73 bits per heavy atom. The molecule has 6 rings (SSSR count). The third-order valence-corrected chi connectivity index (χ3v) is 5.81. The van der Waals surface area contributed by atoms with Crippen LogP contribution in [0, 0.1) is 10.1 Å². The molecule has 2 N–H and O–H groups in total. The molecule has 0 atom stereocenters. The Morgan fingerprint density at radius 2 is 1.13 bits per heavy atom. The number of benzene rings is 4. The van der Waals surface area contributed by atoms with Gasteiger partial charge in [-0.25, -0.2) is 0 Å². The van der Waals surface area contributed by atoms with Crippen LogP contribution in [0.3, 0.4) is 0 Å². The summed E-state index contributed by atoms with van der Waals surface area (Å²) in [6, 6.07) is 27.9. The third kappa shape index (κ3) is 3.12. The van der Waals surface area contributed by atoms with Crippen LogP contribution in [0.4, 0.5) is 11.4 Å². The standard InChI is InChI=1S/C13H9NO2.C13H11N/c15-14(16)11-5-6-13-10(8-11)7-9-3-1-2-4-12(9)13;14-11-5-6-13-10(8-11)7-9-3-1-2-4-12(9)13/h1-6,8H,7H2;1-6,8H,7,14H2. The molecule has 0 aliphatic heterocycles. The first-order valence-electron chi connectivity index (χ1n) is 9.92. The van der Waals surface area contributed by atoms with Crippen LogP contribution < -0.4 is 5.73 Å². The van der Waals surface area contributed by atoms with Gasteiger partial charge in [0.1, 0.15) is 0 Å². The van der Waals surface area contributed by atoms with Gasteiger partial charge in [0.05, 0.1) is 4.92 Å². The van der Waals surface area contributed by atoms with Crippen LogP contribution in [-0.4, -0.2) is 4.92 Å². The second-order valence-electron chi connectivity index (χ2n) is 7.68. The first-order chi connectivity index (χ1) is 14.6. The Kier molecular flexibility index (Phi) is 4.32. The molecule has 0 fully saturated rings. The van der Waals surface area contributed by atoms with E-state index in [0.717, 1.165) is 29.7 Å². The minimum absolute atomic E-state index is 0.173. The van der Waals surface area contributed by atoms with Crippen molar-refractivity contribution in [2.75, 3.05) is 5.73 Å². The zero-order valence-electron chi connectivity index (χ0n) is 16.3. The number of nitro groups is 1. The number of rotatable bonds is 1. The van der Waals surface area contributed by atoms with Crippen LogP contribution in [0.1, 0.15) is 22.3 Å². The summed E-state index contributed by atoms with van der Waals surface area (Å²) >= 11 is 0. The summed E-state index contributed by atoms with van der Waals surface area (Å²) in [4.78, 5) is 10.3. The second-order valence-corrected chi connectivity index (χ2v) is 7.68. The normalized spacial score (nSPS) is 12.1. The Labute approximate surface area is 174 Å². The Balaban J connectivity index is 0.000000130. The summed E-state index contributed by atoms with van der Waals surface area (Å²) in [5, 5.41) is 10.7. The Morgan fingerprint density at radius 1 is 0.633 bits per heavy atom. The molecule has 4 nitrogen and oxygen atoms in total. The van der Waals surface area contributed by atoms with Crippen LogP contribution in [0.2, 0.25) is 0 Å². The van der Waals surface area contributed by atoms with Crippen molar-refractivity contribution < 1.29 is 4.92 Å².